The van der Waals surface area contributed by atoms with Gasteiger partial charge in [-0.2, -0.15) is 5.10 Å². The van der Waals surface area contributed by atoms with Crippen molar-refractivity contribution >= 4 is 17.6 Å². The summed E-state index contributed by atoms with van der Waals surface area (Å²) in [5, 5.41) is 13.9. The van der Waals surface area contributed by atoms with Gasteiger partial charge >= 0.3 is 5.97 Å². The van der Waals surface area contributed by atoms with Gasteiger partial charge in [-0.1, -0.05) is 18.2 Å². The molecule has 6 heteroatoms. The van der Waals surface area contributed by atoms with E-state index < -0.39 is 5.97 Å². The molecule has 106 valence electrons. The van der Waals surface area contributed by atoms with Crippen LogP contribution in [0.25, 0.3) is 0 Å². The summed E-state index contributed by atoms with van der Waals surface area (Å²) in [7, 11) is 0. The first-order chi connectivity index (χ1) is 9.66. The number of hydrogen-bond donors (Lipinski definition) is 1. The number of para-hydroxylation sites is 1. The number of carbonyl (C=O) groups excluding carboxylic acids is 1. The number of nitrogens with zero attached hydrogens (tertiary/aromatic N) is 2. The van der Waals surface area contributed by atoms with E-state index in [9.17, 15) is 9.59 Å². The molecule has 0 aliphatic carbocycles. The molecule has 1 aromatic rings. The highest BCUT2D eigenvalue weighted by Crippen LogP contribution is 2.11. The monoisotopic (exact) mass is 276 g/mol. The van der Waals surface area contributed by atoms with Crippen molar-refractivity contribution in [2.75, 3.05) is 13.2 Å². The summed E-state index contributed by atoms with van der Waals surface area (Å²) in [6.07, 6.45) is 0.993. The van der Waals surface area contributed by atoms with Gasteiger partial charge in [0.1, 0.15) is 11.5 Å². The average Bonchev–Trinajstić information content (AvgIpc) is 2.46. The zero-order valence-corrected chi connectivity index (χ0v) is 11.0. The third-order valence-corrected chi connectivity index (χ3v) is 2.88. The average molecular weight is 276 g/mol. The zero-order valence-electron chi connectivity index (χ0n) is 11.0. The van der Waals surface area contributed by atoms with Gasteiger partial charge in [0.25, 0.3) is 0 Å². The Balaban J connectivity index is 1.79. The molecule has 1 aliphatic heterocycles. The molecule has 6 nitrogen and oxygen atoms in total. The molecule has 20 heavy (non-hydrogen) atoms. The maximum Gasteiger partial charge on any atom is 0.352 e. The molecule has 0 aromatic heterocycles. The van der Waals surface area contributed by atoms with Crippen molar-refractivity contribution in [3.63, 3.8) is 0 Å². The van der Waals surface area contributed by atoms with Crippen LogP contribution in [-0.2, 0) is 9.59 Å². The fraction of sp³-hybridized carbons (Fsp3) is 0.357. The first-order valence-electron chi connectivity index (χ1n) is 6.46. The lowest BCUT2D eigenvalue weighted by Gasteiger charge is -2.22. The van der Waals surface area contributed by atoms with E-state index in [-0.39, 0.29) is 24.5 Å². The van der Waals surface area contributed by atoms with Gasteiger partial charge in [-0.05, 0) is 12.1 Å². The Labute approximate surface area is 116 Å². The first kappa shape index (κ1) is 14.0. The second-order valence-electron chi connectivity index (χ2n) is 4.38. The normalized spacial score (nSPS) is 14.9. The Morgan fingerprint density at radius 3 is 2.75 bits per heavy atom. The molecule has 0 spiro atoms. The van der Waals surface area contributed by atoms with Gasteiger partial charge < -0.3 is 9.84 Å². The fourth-order valence-corrected chi connectivity index (χ4v) is 1.85. The second-order valence-corrected chi connectivity index (χ2v) is 4.38. The maximum absolute atomic E-state index is 11.6. The molecule has 1 N–H and O–H groups in total. The van der Waals surface area contributed by atoms with E-state index in [0.29, 0.717) is 19.6 Å². The molecule has 1 heterocycles. The predicted molar refractivity (Wildman–Crippen MR) is 72.6 cm³/mol. The van der Waals surface area contributed by atoms with Crippen LogP contribution in [0, 0.1) is 0 Å². The van der Waals surface area contributed by atoms with Crippen LogP contribution in [0.5, 0.6) is 5.75 Å². The van der Waals surface area contributed by atoms with Crippen molar-refractivity contribution < 1.29 is 19.4 Å². The number of hydrogen-bond acceptors (Lipinski definition) is 4. The molecule has 0 atom stereocenters. The van der Waals surface area contributed by atoms with E-state index in [1.807, 2.05) is 30.3 Å². The first-order valence-corrected chi connectivity index (χ1v) is 6.46. The number of carbonyl (C=O) groups is 2. The number of benzene rings is 1. The highest BCUT2D eigenvalue weighted by atomic mass is 16.5. The zero-order chi connectivity index (χ0) is 14.4. The van der Waals surface area contributed by atoms with Gasteiger partial charge in [-0.25, -0.2) is 9.80 Å². The van der Waals surface area contributed by atoms with Crippen LogP contribution in [0.3, 0.4) is 0 Å². The van der Waals surface area contributed by atoms with Gasteiger partial charge in [-0.15, -0.1) is 0 Å². The Morgan fingerprint density at radius 2 is 2.05 bits per heavy atom. The Bertz CT molecular complexity index is 513. The van der Waals surface area contributed by atoms with Crippen molar-refractivity contribution in [2.45, 2.75) is 19.3 Å². The number of amides is 1. The molecule has 0 radical (unpaired) electrons. The molecule has 0 fully saturated rings. The summed E-state index contributed by atoms with van der Waals surface area (Å²) in [6, 6.07) is 9.38. The topological polar surface area (TPSA) is 79.2 Å². The molecule has 1 aromatic carbocycles. The lowest BCUT2D eigenvalue weighted by molar-refractivity contribution is -0.133. The quantitative estimate of drug-likeness (QED) is 0.799. The number of ether oxygens (including phenoxy) is 1. The summed E-state index contributed by atoms with van der Waals surface area (Å²) in [4.78, 5) is 22.4. The van der Waals surface area contributed by atoms with Crippen LogP contribution in [0.15, 0.2) is 35.4 Å². The van der Waals surface area contributed by atoms with Crippen molar-refractivity contribution in [3.8, 4) is 5.75 Å². The summed E-state index contributed by atoms with van der Waals surface area (Å²) >= 11 is 0. The summed E-state index contributed by atoms with van der Waals surface area (Å²) in [6.45, 7) is 0.814. The molecule has 0 saturated carbocycles. The smallest absolute Gasteiger partial charge is 0.352 e. The van der Waals surface area contributed by atoms with E-state index in [1.54, 1.807) is 0 Å². The number of aliphatic carboxylic acids is 1. The molecule has 0 saturated heterocycles. The predicted octanol–water partition coefficient (Wildman–Crippen LogP) is 1.52. The van der Waals surface area contributed by atoms with E-state index in [2.05, 4.69) is 5.10 Å². The molecular formula is C14H16N2O4. The van der Waals surface area contributed by atoms with Gasteiger partial charge in [0.2, 0.25) is 5.91 Å². The molecule has 2 rings (SSSR count). The SMILES string of the molecule is O=C(O)C1=NN(CCCOc2ccccc2)C(=O)CC1. The fourth-order valence-electron chi connectivity index (χ4n) is 1.85. The van der Waals surface area contributed by atoms with Crippen LogP contribution in [0.2, 0.25) is 0 Å². The van der Waals surface area contributed by atoms with Crippen molar-refractivity contribution in [2.24, 2.45) is 5.10 Å². The van der Waals surface area contributed by atoms with Crippen LogP contribution in [0.1, 0.15) is 19.3 Å². The lowest BCUT2D eigenvalue weighted by Crippen LogP contribution is -2.35. The van der Waals surface area contributed by atoms with E-state index >= 15 is 0 Å². The van der Waals surface area contributed by atoms with Crippen LogP contribution < -0.4 is 4.74 Å². The largest absolute Gasteiger partial charge is 0.494 e. The van der Waals surface area contributed by atoms with Gasteiger partial charge in [0.15, 0.2) is 0 Å². The number of hydrazone groups is 1. The van der Waals surface area contributed by atoms with E-state index in [0.717, 1.165) is 5.75 Å². The standard InChI is InChI=1S/C14H16N2O4/c17-13-8-7-12(14(18)19)15-16(13)9-4-10-20-11-5-2-1-3-6-11/h1-3,5-6H,4,7-10H2,(H,18,19). The van der Waals surface area contributed by atoms with Crippen molar-refractivity contribution in [1.82, 2.24) is 5.01 Å². The molecule has 0 unspecified atom stereocenters. The Morgan fingerprint density at radius 1 is 1.30 bits per heavy atom. The van der Waals surface area contributed by atoms with Crippen LogP contribution in [0.4, 0.5) is 0 Å². The number of carboxylic acids is 1. The van der Waals surface area contributed by atoms with Crippen LogP contribution in [-0.4, -0.2) is 40.9 Å². The maximum atomic E-state index is 11.6. The summed E-state index contributed by atoms with van der Waals surface area (Å²) in [5.41, 5.74) is 0.0357. The summed E-state index contributed by atoms with van der Waals surface area (Å²) in [5.74, 6) is -0.440. The highest BCUT2D eigenvalue weighted by molar-refractivity contribution is 6.36. The Kier molecular flexibility index (Phi) is 4.70. The molecule has 1 aliphatic rings. The van der Waals surface area contributed by atoms with Crippen molar-refractivity contribution in [3.05, 3.63) is 30.3 Å². The second kappa shape index (κ2) is 6.70. The third kappa shape index (κ3) is 3.81. The molecule has 0 bridgehead atoms. The highest BCUT2D eigenvalue weighted by Gasteiger charge is 2.23. The minimum Gasteiger partial charge on any atom is -0.494 e. The van der Waals surface area contributed by atoms with Crippen molar-refractivity contribution in [1.29, 1.82) is 0 Å². The third-order valence-electron chi connectivity index (χ3n) is 2.88. The molecule has 1 amide bonds. The molecular weight excluding hydrogens is 260 g/mol. The van der Waals surface area contributed by atoms with Gasteiger partial charge in [-0.3, -0.25) is 4.79 Å². The minimum absolute atomic E-state index is 0.0357. The van der Waals surface area contributed by atoms with Crippen LogP contribution >= 0.6 is 0 Å². The Hall–Kier alpha value is -2.37. The number of carboxylic acid groups (broad SMARTS) is 1. The van der Waals surface area contributed by atoms with Gasteiger partial charge in [0.05, 0.1) is 6.61 Å². The van der Waals surface area contributed by atoms with Gasteiger partial charge in [0, 0.05) is 25.8 Å². The number of rotatable bonds is 6. The minimum atomic E-state index is -1.07. The lowest BCUT2D eigenvalue weighted by atomic mass is 10.1. The summed E-state index contributed by atoms with van der Waals surface area (Å²) < 4.78 is 5.50. The van der Waals surface area contributed by atoms with E-state index in [1.165, 1.54) is 5.01 Å². The van der Waals surface area contributed by atoms with E-state index in [4.69, 9.17) is 9.84 Å².